The van der Waals surface area contributed by atoms with Gasteiger partial charge >= 0.3 is 0 Å². The minimum absolute atomic E-state index is 0.274. The van der Waals surface area contributed by atoms with E-state index >= 15 is 0 Å². The van der Waals surface area contributed by atoms with Crippen molar-refractivity contribution in [3.05, 3.63) is 65.5 Å². The normalized spacial score (nSPS) is 13.2. The molecule has 0 amide bonds. The van der Waals surface area contributed by atoms with Gasteiger partial charge < -0.3 is 10.4 Å². The Morgan fingerprint density at radius 3 is 2.57 bits per heavy atom. The Kier molecular flexibility index (Phi) is 4.91. The zero-order valence-corrected chi connectivity index (χ0v) is 11.8. The molecule has 0 heterocycles. The molecule has 0 radical (unpaired) electrons. The van der Waals surface area contributed by atoms with Crippen LogP contribution < -0.4 is 5.32 Å². The first-order valence-corrected chi connectivity index (χ1v) is 6.78. The Bertz CT molecular complexity index is 637. The number of hydrogen-bond acceptors (Lipinski definition) is 3. The van der Waals surface area contributed by atoms with Crippen LogP contribution in [0.1, 0.15) is 18.1 Å². The van der Waals surface area contributed by atoms with Crippen LogP contribution in [0, 0.1) is 17.1 Å². The Morgan fingerprint density at radius 1 is 1.24 bits per heavy atom. The maximum Gasteiger partial charge on any atom is 0.147 e. The summed E-state index contributed by atoms with van der Waals surface area (Å²) in [5.74, 6) is -0.493. The molecule has 0 bridgehead atoms. The van der Waals surface area contributed by atoms with E-state index in [1.807, 2.05) is 36.4 Å². The minimum Gasteiger partial charge on any atom is -0.391 e. The standard InChI is InChI=1S/C17H17FN2O/c1-12(17(21)10-13-5-3-2-4-6-13)20-16-8-7-14(11-19)9-15(16)18/h2-9,12,17,20-21H,10H2,1H3. The maximum atomic E-state index is 13.8. The predicted octanol–water partition coefficient (Wildman–Crippen LogP) is 3.10. The van der Waals surface area contributed by atoms with Gasteiger partial charge in [-0.25, -0.2) is 4.39 Å². The molecular weight excluding hydrogens is 267 g/mol. The zero-order valence-electron chi connectivity index (χ0n) is 11.8. The molecule has 0 aliphatic carbocycles. The van der Waals surface area contributed by atoms with E-state index < -0.39 is 11.9 Å². The van der Waals surface area contributed by atoms with Gasteiger partial charge in [0.25, 0.3) is 0 Å². The number of nitrogens with zero attached hydrogens (tertiary/aromatic N) is 1. The van der Waals surface area contributed by atoms with Crippen LogP contribution in [-0.2, 0) is 6.42 Å². The molecule has 108 valence electrons. The van der Waals surface area contributed by atoms with Gasteiger partial charge in [0.1, 0.15) is 5.82 Å². The van der Waals surface area contributed by atoms with Crippen LogP contribution in [0.2, 0.25) is 0 Å². The molecule has 0 saturated heterocycles. The summed E-state index contributed by atoms with van der Waals surface area (Å²) in [7, 11) is 0. The molecule has 3 nitrogen and oxygen atoms in total. The van der Waals surface area contributed by atoms with Gasteiger partial charge in [0, 0.05) is 12.5 Å². The summed E-state index contributed by atoms with van der Waals surface area (Å²) in [6.45, 7) is 1.80. The average Bonchev–Trinajstić information content (AvgIpc) is 2.50. The van der Waals surface area contributed by atoms with Gasteiger partial charge in [-0.15, -0.1) is 0 Å². The second-order valence-corrected chi connectivity index (χ2v) is 5.00. The number of benzene rings is 2. The van der Waals surface area contributed by atoms with Crippen molar-refractivity contribution in [2.75, 3.05) is 5.32 Å². The van der Waals surface area contributed by atoms with Crippen molar-refractivity contribution in [2.45, 2.75) is 25.5 Å². The van der Waals surface area contributed by atoms with Crippen molar-refractivity contribution in [1.82, 2.24) is 0 Å². The van der Waals surface area contributed by atoms with Crippen LogP contribution in [0.25, 0.3) is 0 Å². The average molecular weight is 284 g/mol. The highest BCUT2D eigenvalue weighted by atomic mass is 19.1. The van der Waals surface area contributed by atoms with Crippen molar-refractivity contribution >= 4 is 5.69 Å². The third-order valence-electron chi connectivity index (χ3n) is 3.35. The molecule has 2 aromatic rings. The third-order valence-corrected chi connectivity index (χ3v) is 3.35. The largest absolute Gasteiger partial charge is 0.391 e. The van der Waals surface area contributed by atoms with Gasteiger partial charge in [-0.05, 0) is 30.7 Å². The van der Waals surface area contributed by atoms with Crippen LogP contribution in [0.4, 0.5) is 10.1 Å². The molecule has 21 heavy (non-hydrogen) atoms. The summed E-state index contributed by atoms with van der Waals surface area (Å²) in [6.07, 6.45) is -0.144. The lowest BCUT2D eigenvalue weighted by Gasteiger charge is -2.21. The number of rotatable bonds is 5. The van der Waals surface area contributed by atoms with Gasteiger partial charge in [0.2, 0.25) is 0 Å². The lowest BCUT2D eigenvalue weighted by atomic mass is 10.0. The first-order chi connectivity index (χ1) is 10.1. The van der Waals surface area contributed by atoms with Gasteiger partial charge in [0.15, 0.2) is 0 Å². The van der Waals surface area contributed by atoms with Crippen molar-refractivity contribution in [1.29, 1.82) is 5.26 Å². The second-order valence-electron chi connectivity index (χ2n) is 5.00. The zero-order chi connectivity index (χ0) is 15.2. The smallest absolute Gasteiger partial charge is 0.147 e. The van der Waals surface area contributed by atoms with E-state index in [0.717, 1.165) is 5.56 Å². The van der Waals surface area contributed by atoms with E-state index in [1.165, 1.54) is 12.1 Å². The number of aliphatic hydroxyl groups is 1. The first-order valence-electron chi connectivity index (χ1n) is 6.78. The van der Waals surface area contributed by atoms with Crippen LogP contribution in [0.3, 0.4) is 0 Å². The van der Waals surface area contributed by atoms with E-state index in [-0.39, 0.29) is 17.3 Å². The minimum atomic E-state index is -0.637. The van der Waals surface area contributed by atoms with E-state index in [2.05, 4.69) is 5.32 Å². The monoisotopic (exact) mass is 284 g/mol. The topological polar surface area (TPSA) is 56.0 Å². The second kappa shape index (κ2) is 6.87. The Balaban J connectivity index is 2.01. The molecule has 4 heteroatoms. The van der Waals surface area contributed by atoms with Crippen LogP contribution in [-0.4, -0.2) is 17.3 Å². The molecule has 0 aliphatic rings. The molecule has 0 spiro atoms. The van der Waals surface area contributed by atoms with Crippen LogP contribution in [0.15, 0.2) is 48.5 Å². The molecule has 2 atom stereocenters. The fourth-order valence-corrected chi connectivity index (χ4v) is 2.08. The molecule has 2 rings (SSSR count). The number of hydrogen-bond donors (Lipinski definition) is 2. The molecule has 2 unspecified atom stereocenters. The summed E-state index contributed by atoms with van der Waals surface area (Å²) in [4.78, 5) is 0. The summed E-state index contributed by atoms with van der Waals surface area (Å²) in [5.41, 5.74) is 1.59. The Morgan fingerprint density at radius 2 is 1.95 bits per heavy atom. The Hall–Kier alpha value is -2.38. The number of nitriles is 1. The van der Waals surface area contributed by atoms with Crippen LogP contribution in [0.5, 0.6) is 0 Å². The number of anilines is 1. The van der Waals surface area contributed by atoms with E-state index in [9.17, 15) is 9.50 Å². The number of aliphatic hydroxyl groups excluding tert-OH is 1. The molecule has 0 aromatic heterocycles. The van der Waals surface area contributed by atoms with Crippen molar-refractivity contribution in [2.24, 2.45) is 0 Å². The molecule has 2 N–H and O–H groups in total. The molecule has 0 aliphatic heterocycles. The fourth-order valence-electron chi connectivity index (χ4n) is 2.08. The van der Waals surface area contributed by atoms with Gasteiger partial charge in [-0.1, -0.05) is 30.3 Å². The van der Waals surface area contributed by atoms with E-state index in [0.29, 0.717) is 6.42 Å². The number of halogens is 1. The quantitative estimate of drug-likeness (QED) is 0.887. The first kappa shape index (κ1) is 15.0. The maximum absolute atomic E-state index is 13.8. The molecule has 2 aromatic carbocycles. The summed E-state index contributed by atoms with van der Waals surface area (Å²) in [6, 6.07) is 15.5. The van der Waals surface area contributed by atoms with Crippen molar-refractivity contribution in [3.63, 3.8) is 0 Å². The third kappa shape index (κ3) is 4.04. The lowest BCUT2D eigenvalue weighted by molar-refractivity contribution is 0.158. The SMILES string of the molecule is CC(Nc1ccc(C#N)cc1F)C(O)Cc1ccccc1. The summed E-state index contributed by atoms with van der Waals surface area (Å²) in [5, 5.41) is 21.8. The van der Waals surface area contributed by atoms with Gasteiger partial charge in [-0.3, -0.25) is 0 Å². The van der Waals surface area contributed by atoms with Crippen LogP contribution >= 0.6 is 0 Å². The van der Waals surface area contributed by atoms with E-state index in [1.54, 1.807) is 13.0 Å². The fraction of sp³-hybridized carbons (Fsp3) is 0.235. The lowest BCUT2D eigenvalue weighted by Crippen LogP contribution is -2.32. The predicted molar refractivity (Wildman–Crippen MR) is 80.4 cm³/mol. The summed E-state index contributed by atoms with van der Waals surface area (Å²) >= 11 is 0. The molecule has 0 saturated carbocycles. The number of nitrogens with one attached hydrogen (secondary N) is 1. The van der Waals surface area contributed by atoms with Gasteiger partial charge in [-0.2, -0.15) is 5.26 Å². The van der Waals surface area contributed by atoms with E-state index in [4.69, 9.17) is 5.26 Å². The Labute approximate surface area is 123 Å². The highest BCUT2D eigenvalue weighted by Gasteiger charge is 2.16. The van der Waals surface area contributed by atoms with Crippen molar-refractivity contribution < 1.29 is 9.50 Å². The summed E-state index contributed by atoms with van der Waals surface area (Å²) < 4.78 is 13.8. The highest BCUT2D eigenvalue weighted by molar-refractivity contribution is 5.49. The van der Waals surface area contributed by atoms with Crippen molar-refractivity contribution in [3.8, 4) is 6.07 Å². The molecule has 0 fully saturated rings. The molecular formula is C17H17FN2O. The highest BCUT2D eigenvalue weighted by Crippen LogP contribution is 2.18. The van der Waals surface area contributed by atoms with Gasteiger partial charge in [0.05, 0.1) is 23.4 Å².